The predicted molar refractivity (Wildman–Crippen MR) is 133 cm³/mol. The standard InChI is InChI=1S/C26H22FN5O4/c1-17-21-4-2-3-5-22(21)26(34)31(28-17)24-16-20(10-11-23(24)32(35)36)29-12-14-30(15-13-29)25(33)18-6-8-19(27)9-7-18/h2-11,16H,12-15H2,1H3. The number of nitrogens with zero attached hydrogens (tertiary/aromatic N) is 5. The van der Waals surface area contributed by atoms with Gasteiger partial charge in [-0.2, -0.15) is 9.78 Å². The third-order valence-corrected chi connectivity index (χ3v) is 6.40. The minimum atomic E-state index is -0.531. The van der Waals surface area contributed by atoms with Crippen LogP contribution in [0.4, 0.5) is 15.8 Å². The summed E-state index contributed by atoms with van der Waals surface area (Å²) in [6.45, 7) is 3.59. The number of nitro benzene ring substituents is 1. The van der Waals surface area contributed by atoms with E-state index in [1.165, 1.54) is 30.3 Å². The molecule has 0 radical (unpaired) electrons. The van der Waals surface area contributed by atoms with Gasteiger partial charge in [-0.05, 0) is 49.4 Å². The summed E-state index contributed by atoms with van der Waals surface area (Å²) in [6, 6.07) is 17.1. The summed E-state index contributed by atoms with van der Waals surface area (Å²) >= 11 is 0. The van der Waals surface area contributed by atoms with Crippen molar-refractivity contribution in [3.05, 3.63) is 104 Å². The molecule has 1 aromatic heterocycles. The van der Waals surface area contributed by atoms with Gasteiger partial charge < -0.3 is 9.80 Å². The molecule has 1 aliphatic heterocycles. The number of halogens is 1. The third-order valence-electron chi connectivity index (χ3n) is 6.40. The molecule has 1 amide bonds. The molecule has 0 N–H and O–H groups in total. The maximum absolute atomic E-state index is 13.2. The lowest BCUT2D eigenvalue weighted by Crippen LogP contribution is -2.48. The van der Waals surface area contributed by atoms with E-state index in [0.29, 0.717) is 53.9 Å². The number of carbonyl (C=O) groups is 1. The van der Waals surface area contributed by atoms with Gasteiger partial charge in [0.25, 0.3) is 17.2 Å². The van der Waals surface area contributed by atoms with Crippen LogP contribution in [0.5, 0.6) is 0 Å². The Morgan fingerprint density at radius 2 is 1.64 bits per heavy atom. The van der Waals surface area contributed by atoms with Crippen LogP contribution >= 0.6 is 0 Å². The van der Waals surface area contributed by atoms with Gasteiger partial charge in [-0.1, -0.05) is 18.2 Å². The molecule has 3 aromatic carbocycles. The number of anilines is 1. The smallest absolute Gasteiger partial charge is 0.295 e. The lowest BCUT2D eigenvalue weighted by Gasteiger charge is -2.36. The monoisotopic (exact) mass is 487 g/mol. The first-order chi connectivity index (χ1) is 17.3. The SMILES string of the molecule is Cc1nn(-c2cc(N3CCN(C(=O)c4ccc(F)cc4)CC3)ccc2[N+](=O)[O-])c(=O)c2ccccc12. The zero-order valence-electron chi connectivity index (χ0n) is 19.4. The first-order valence-corrected chi connectivity index (χ1v) is 11.4. The number of fused-ring (bicyclic) bond motifs is 1. The van der Waals surface area contributed by atoms with Crippen molar-refractivity contribution in [3.63, 3.8) is 0 Å². The fourth-order valence-corrected chi connectivity index (χ4v) is 4.49. The Bertz CT molecular complexity index is 1540. The average Bonchev–Trinajstić information content (AvgIpc) is 2.90. The topological polar surface area (TPSA) is 102 Å². The first kappa shape index (κ1) is 23.2. The maximum Gasteiger partial charge on any atom is 0.295 e. The fourth-order valence-electron chi connectivity index (χ4n) is 4.49. The molecule has 0 bridgehead atoms. The quantitative estimate of drug-likeness (QED) is 0.321. The lowest BCUT2D eigenvalue weighted by atomic mass is 10.1. The molecule has 0 saturated carbocycles. The normalized spacial score (nSPS) is 13.7. The van der Waals surface area contributed by atoms with Gasteiger partial charge in [0.2, 0.25) is 0 Å². The molecule has 1 aliphatic rings. The van der Waals surface area contributed by atoms with E-state index < -0.39 is 16.3 Å². The average molecular weight is 487 g/mol. The number of amides is 1. The van der Waals surface area contributed by atoms with Crippen LogP contribution in [0.1, 0.15) is 16.1 Å². The third kappa shape index (κ3) is 4.17. The number of piperazine rings is 1. The molecule has 0 spiro atoms. The molecule has 0 aliphatic carbocycles. The van der Waals surface area contributed by atoms with Crippen LogP contribution in [0.25, 0.3) is 16.5 Å². The van der Waals surface area contributed by atoms with Crippen LogP contribution in [-0.4, -0.2) is 51.7 Å². The summed E-state index contributed by atoms with van der Waals surface area (Å²) in [6.07, 6.45) is 0. The molecule has 5 rings (SSSR count). The number of carbonyl (C=O) groups excluding carboxylic acids is 1. The summed E-state index contributed by atoms with van der Waals surface area (Å²) in [7, 11) is 0. The van der Waals surface area contributed by atoms with E-state index in [0.717, 1.165) is 4.68 Å². The molecule has 0 unspecified atom stereocenters. The van der Waals surface area contributed by atoms with Crippen molar-refractivity contribution >= 4 is 28.1 Å². The Hall–Kier alpha value is -4.60. The number of nitro groups is 1. The molecule has 2 heterocycles. The highest BCUT2D eigenvalue weighted by molar-refractivity contribution is 5.94. The van der Waals surface area contributed by atoms with E-state index in [1.54, 1.807) is 42.2 Å². The summed E-state index contributed by atoms with van der Waals surface area (Å²) in [4.78, 5) is 40.9. The van der Waals surface area contributed by atoms with Crippen molar-refractivity contribution in [2.75, 3.05) is 31.1 Å². The molecular weight excluding hydrogens is 465 g/mol. The second-order valence-corrected chi connectivity index (χ2v) is 8.56. The second kappa shape index (κ2) is 9.21. The number of aryl methyl sites for hydroxylation is 1. The number of rotatable bonds is 4. The van der Waals surface area contributed by atoms with Crippen molar-refractivity contribution in [3.8, 4) is 5.69 Å². The van der Waals surface area contributed by atoms with E-state index in [4.69, 9.17) is 0 Å². The number of hydrogen-bond donors (Lipinski definition) is 0. The van der Waals surface area contributed by atoms with Crippen LogP contribution in [0.15, 0.2) is 71.5 Å². The molecule has 4 aromatic rings. The Morgan fingerprint density at radius 1 is 0.972 bits per heavy atom. The van der Waals surface area contributed by atoms with E-state index in [9.17, 15) is 24.1 Å². The van der Waals surface area contributed by atoms with E-state index >= 15 is 0 Å². The molecule has 0 atom stereocenters. The Morgan fingerprint density at radius 3 is 2.31 bits per heavy atom. The van der Waals surface area contributed by atoms with Crippen LogP contribution < -0.4 is 10.5 Å². The van der Waals surface area contributed by atoms with Gasteiger partial charge >= 0.3 is 0 Å². The minimum Gasteiger partial charge on any atom is -0.368 e. The number of hydrogen-bond acceptors (Lipinski definition) is 6. The van der Waals surface area contributed by atoms with Gasteiger partial charge in [0, 0.05) is 48.9 Å². The molecule has 10 heteroatoms. The summed E-state index contributed by atoms with van der Waals surface area (Å²) in [5.74, 6) is -0.582. The maximum atomic E-state index is 13.2. The predicted octanol–water partition coefficient (Wildman–Crippen LogP) is 3.70. The van der Waals surface area contributed by atoms with Crippen molar-refractivity contribution in [1.82, 2.24) is 14.7 Å². The highest BCUT2D eigenvalue weighted by atomic mass is 19.1. The van der Waals surface area contributed by atoms with Gasteiger partial charge in [-0.25, -0.2) is 4.39 Å². The van der Waals surface area contributed by atoms with Crippen molar-refractivity contribution in [2.24, 2.45) is 0 Å². The van der Waals surface area contributed by atoms with Crippen molar-refractivity contribution in [2.45, 2.75) is 6.92 Å². The number of benzene rings is 3. The van der Waals surface area contributed by atoms with Crippen molar-refractivity contribution < 1.29 is 14.1 Å². The molecule has 1 saturated heterocycles. The molecule has 36 heavy (non-hydrogen) atoms. The zero-order valence-corrected chi connectivity index (χ0v) is 19.4. The van der Waals surface area contributed by atoms with Crippen LogP contribution in [-0.2, 0) is 0 Å². The first-order valence-electron chi connectivity index (χ1n) is 11.4. The number of aromatic nitrogens is 2. The zero-order chi connectivity index (χ0) is 25.4. The van der Waals surface area contributed by atoms with Gasteiger partial charge in [0.1, 0.15) is 11.5 Å². The van der Waals surface area contributed by atoms with Crippen LogP contribution in [0.3, 0.4) is 0 Å². The lowest BCUT2D eigenvalue weighted by molar-refractivity contribution is -0.384. The summed E-state index contributed by atoms with van der Waals surface area (Å²) in [5.41, 5.74) is 1.10. The van der Waals surface area contributed by atoms with Crippen molar-refractivity contribution in [1.29, 1.82) is 0 Å². The largest absolute Gasteiger partial charge is 0.368 e. The van der Waals surface area contributed by atoms with Gasteiger partial charge in [-0.3, -0.25) is 19.7 Å². The van der Waals surface area contributed by atoms with Gasteiger partial charge in [-0.15, -0.1) is 0 Å². The second-order valence-electron chi connectivity index (χ2n) is 8.56. The highest BCUT2D eigenvalue weighted by Gasteiger charge is 2.25. The Labute approximate surface area is 205 Å². The van der Waals surface area contributed by atoms with E-state index in [-0.39, 0.29) is 17.3 Å². The Balaban J connectivity index is 1.45. The molecule has 182 valence electrons. The van der Waals surface area contributed by atoms with E-state index in [2.05, 4.69) is 5.10 Å². The van der Waals surface area contributed by atoms with Crippen LogP contribution in [0, 0.1) is 22.9 Å². The summed E-state index contributed by atoms with van der Waals surface area (Å²) in [5, 5.41) is 17.3. The highest BCUT2D eigenvalue weighted by Crippen LogP contribution is 2.29. The van der Waals surface area contributed by atoms with Crippen LogP contribution in [0.2, 0.25) is 0 Å². The van der Waals surface area contributed by atoms with Gasteiger partial charge in [0.05, 0.1) is 16.0 Å². The Kier molecular flexibility index (Phi) is 5.93. The molecule has 9 nitrogen and oxygen atoms in total. The molecule has 1 fully saturated rings. The fraction of sp³-hybridized carbons (Fsp3) is 0.192. The molecular formula is C26H22FN5O4. The van der Waals surface area contributed by atoms with Gasteiger partial charge in [0.15, 0.2) is 0 Å². The van der Waals surface area contributed by atoms with E-state index in [1.807, 2.05) is 11.0 Å². The summed E-state index contributed by atoms with van der Waals surface area (Å²) < 4.78 is 14.3. The minimum absolute atomic E-state index is 0.0844.